The lowest BCUT2D eigenvalue weighted by molar-refractivity contribution is 0.537. The van der Waals surface area contributed by atoms with Gasteiger partial charge in [-0.2, -0.15) is 0 Å². The summed E-state index contributed by atoms with van der Waals surface area (Å²) in [4.78, 5) is 10.1. The molecule has 0 bridgehead atoms. The van der Waals surface area contributed by atoms with Crippen LogP contribution in [0.15, 0.2) is 40.4 Å². The van der Waals surface area contributed by atoms with Crippen molar-refractivity contribution in [1.82, 2.24) is 15.3 Å². The summed E-state index contributed by atoms with van der Waals surface area (Å²) < 4.78 is 0. The third kappa shape index (κ3) is 4.55. The quantitative estimate of drug-likeness (QED) is 0.807. The van der Waals surface area contributed by atoms with Crippen LogP contribution in [0.5, 0.6) is 0 Å². The second kappa shape index (κ2) is 7.57. The van der Waals surface area contributed by atoms with Crippen LogP contribution in [-0.4, -0.2) is 16.5 Å². The Morgan fingerprint density at radius 1 is 1.05 bits per heavy atom. The highest BCUT2D eigenvalue weighted by Crippen LogP contribution is 2.27. The Morgan fingerprint density at radius 2 is 1.67 bits per heavy atom. The van der Waals surface area contributed by atoms with Gasteiger partial charge in [-0.05, 0) is 62.3 Å². The molecule has 21 heavy (non-hydrogen) atoms. The summed E-state index contributed by atoms with van der Waals surface area (Å²) in [5.74, 6) is 0. The number of aromatic nitrogens is 2. The molecule has 2 rings (SSSR count). The molecule has 0 aliphatic rings. The molecule has 0 aliphatic heterocycles. The fraction of sp³-hybridized carbons (Fsp3) is 0.412. The Hall–Kier alpha value is -1.39. The zero-order chi connectivity index (χ0) is 15.2. The molecule has 1 aromatic carbocycles. The van der Waals surface area contributed by atoms with Gasteiger partial charge in [0.2, 0.25) is 0 Å². The van der Waals surface area contributed by atoms with E-state index in [1.165, 1.54) is 10.5 Å². The second-order valence-electron chi connectivity index (χ2n) is 5.12. The van der Waals surface area contributed by atoms with Crippen molar-refractivity contribution < 1.29 is 0 Å². The molecular formula is C17H23N3S. The van der Waals surface area contributed by atoms with Gasteiger partial charge in [-0.1, -0.05) is 26.0 Å². The highest BCUT2D eigenvalue weighted by Gasteiger charge is 2.08. The monoisotopic (exact) mass is 301 g/mol. The number of nitrogens with one attached hydrogen (secondary N) is 1. The summed E-state index contributed by atoms with van der Waals surface area (Å²) in [6, 6.07) is 11.1. The maximum atomic E-state index is 4.47. The maximum Gasteiger partial charge on any atom is 0.192 e. The molecular weight excluding hydrogens is 278 g/mol. The van der Waals surface area contributed by atoms with E-state index in [0.29, 0.717) is 6.04 Å². The molecule has 4 heteroatoms. The van der Waals surface area contributed by atoms with Gasteiger partial charge >= 0.3 is 0 Å². The van der Waals surface area contributed by atoms with E-state index in [1.807, 2.05) is 19.9 Å². The summed E-state index contributed by atoms with van der Waals surface area (Å²) >= 11 is 1.61. The fourth-order valence-electron chi connectivity index (χ4n) is 2.36. The molecule has 0 saturated carbocycles. The Morgan fingerprint density at radius 3 is 2.19 bits per heavy atom. The number of hydrogen-bond acceptors (Lipinski definition) is 4. The Kier molecular flexibility index (Phi) is 5.76. The minimum Gasteiger partial charge on any atom is -0.310 e. The zero-order valence-corrected chi connectivity index (χ0v) is 14.0. The lowest BCUT2D eigenvalue weighted by Crippen LogP contribution is -2.19. The first-order valence-corrected chi connectivity index (χ1v) is 8.27. The van der Waals surface area contributed by atoms with Gasteiger partial charge in [0, 0.05) is 22.3 Å². The SMILES string of the molecule is CCNC(CC)c1ccc(Sc2nc(C)cc(C)n2)cc1. The lowest BCUT2D eigenvalue weighted by atomic mass is 10.1. The van der Waals surface area contributed by atoms with E-state index in [2.05, 4.69) is 53.4 Å². The van der Waals surface area contributed by atoms with Crippen LogP contribution in [-0.2, 0) is 0 Å². The van der Waals surface area contributed by atoms with Gasteiger partial charge < -0.3 is 5.32 Å². The van der Waals surface area contributed by atoms with E-state index in [0.717, 1.165) is 29.5 Å². The van der Waals surface area contributed by atoms with Crippen LogP contribution in [0.1, 0.15) is 43.3 Å². The number of aryl methyl sites for hydroxylation is 2. The number of benzene rings is 1. The van der Waals surface area contributed by atoms with Gasteiger partial charge in [-0.3, -0.25) is 0 Å². The van der Waals surface area contributed by atoms with Crippen molar-refractivity contribution in [2.75, 3.05) is 6.54 Å². The molecule has 0 amide bonds. The van der Waals surface area contributed by atoms with Gasteiger partial charge in [0.25, 0.3) is 0 Å². The molecule has 1 N–H and O–H groups in total. The summed E-state index contributed by atoms with van der Waals surface area (Å²) in [6.45, 7) is 9.35. The van der Waals surface area contributed by atoms with E-state index >= 15 is 0 Å². The third-order valence-electron chi connectivity index (χ3n) is 3.31. The Labute approximate surface area is 131 Å². The van der Waals surface area contributed by atoms with Crippen LogP contribution >= 0.6 is 11.8 Å². The summed E-state index contributed by atoms with van der Waals surface area (Å²) in [5, 5.41) is 4.32. The molecule has 1 atom stereocenters. The molecule has 0 radical (unpaired) electrons. The molecule has 3 nitrogen and oxygen atoms in total. The number of nitrogens with zero attached hydrogens (tertiary/aromatic N) is 2. The Bertz CT molecular complexity index is 561. The molecule has 0 spiro atoms. The summed E-state index contributed by atoms with van der Waals surface area (Å²) in [7, 11) is 0. The first kappa shape index (κ1) is 16.0. The van der Waals surface area contributed by atoms with Crippen LogP contribution in [0.3, 0.4) is 0 Å². The van der Waals surface area contributed by atoms with Crippen molar-refractivity contribution in [3.05, 3.63) is 47.3 Å². The zero-order valence-electron chi connectivity index (χ0n) is 13.2. The van der Waals surface area contributed by atoms with Crippen LogP contribution in [0.2, 0.25) is 0 Å². The maximum absolute atomic E-state index is 4.47. The average molecular weight is 301 g/mol. The molecule has 0 saturated heterocycles. The van der Waals surface area contributed by atoms with Gasteiger partial charge in [0.1, 0.15) is 0 Å². The van der Waals surface area contributed by atoms with Crippen molar-refractivity contribution in [2.45, 2.75) is 50.2 Å². The van der Waals surface area contributed by atoms with Crippen molar-refractivity contribution in [3.63, 3.8) is 0 Å². The molecule has 1 heterocycles. The van der Waals surface area contributed by atoms with Crippen molar-refractivity contribution in [2.24, 2.45) is 0 Å². The predicted octanol–water partition coefficient (Wildman–Crippen LogP) is 4.31. The second-order valence-corrected chi connectivity index (χ2v) is 6.16. The van der Waals surface area contributed by atoms with E-state index < -0.39 is 0 Å². The van der Waals surface area contributed by atoms with Gasteiger partial charge in [0.15, 0.2) is 5.16 Å². The van der Waals surface area contributed by atoms with Crippen molar-refractivity contribution >= 4 is 11.8 Å². The molecule has 1 unspecified atom stereocenters. The first-order chi connectivity index (χ1) is 10.1. The normalized spacial score (nSPS) is 12.4. The standard InChI is InChI=1S/C17H23N3S/c1-5-16(18-6-2)14-7-9-15(10-8-14)21-17-19-12(3)11-13(4)20-17/h7-11,16,18H,5-6H2,1-4H3. The first-order valence-electron chi connectivity index (χ1n) is 7.45. The predicted molar refractivity (Wildman–Crippen MR) is 88.8 cm³/mol. The van der Waals surface area contributed by atoms with Crippen LogP contribution in [0.25, 0.3) is 0 Å². The molecule has 2 aromatic rings. The van der Waals surface area contributed by atoms with E-state index in [-0.39, 0.29) is 0 Å². The van der Waals surface area contributed by atoms with Gasteiger partial charge in [-0.15, -0.1) is 0 Å². The minimum atomic E-state index is 0.437. The topological polar surface area (TPSA) is 37.8 Å². The lowest BCUT2D eigenvalue weighted by Gasteiger charge is -2.16. The van der Waals surface area contributed by atoms with Crippen molar-refractivity contribution in [3.8, 4) is 0 Å². The van der Waals surface area contributed by atoms with E-state index in [9.17, 15) is 0 Å². The number of hydrogen-bond donors (Lipinski definition) is 1. The van der Waals surface area contributed by atoms with E-state index in [1.54, 1.807) is 11.8 Å². The van der Waals surface area contributed by atoms with E-state index in [4.69, 9.17) is 0 Å². The summed E-state index contributed by atoms with van der Waals surface area (Å²) in [5.41, 5.74) is 3.37. The third-order valence-corrected chi connectivity index (χ3v) is 4.19. The highest BCUT2D eigenvalue weighted by molar-refractivity contribution is 7.99. The average Bonchev–Trinajstić information content (AvgIpc) is 2.45. The van der Waals surface area contributed by atoms with Crippen LogP contribution in [0.4, 0.5) is 0 Å². The molecule has 112 valence electrons. The summed E-state index contributed by atoms with van der Waals surface area (Å²) in [6.07, 6.45) is 1.10. The molecule has 0 aliphatic carbocycles. The van der Waals surface area contributed by atoms with Crippen LogP contribution < -0.4 is 5.32 Å². The Balaban J connectivity index is 2.11. The number of rotatable bonds is 6. The smallest absolute Gasteiger partial charge is 0.192 e. The van der Waals surface area contributed by atoms with Crippen molar-refractivity contribution in [1.29, 1.82) is 0 Å². The largest absolute Gasteiger partial charge is 0.310 e. The van der Waals surface area contributed by atoms with Crippen LogP contribution in [0, 0.1) is 13.8 Å². The molecule has 0 fully saturated rings. The minimum absolute atomic E-state index is 0.437. The highest BCUT2D eigenvalue weighted by atomic mass is 32.2. The fourth-order valence-corrected chi connectivity index (χ4v) is 3.22. The van der Waals surface area contributed by atoms with Gasteiger partial charge in [-0.25, -0.2) is 9.97 Å². The van der Waals surface area contributed by atoms with Gasteiger partial charge in [0.05, 0.1) is 0 Å². The molecule has 1 aromatic heterocycles.